The van der Waals surface area contributed by atoms with E-state index < -0.39 is 12.0 Å². The van der Waals surface area contributed by atoms with E-state index in [-0.39, 0.29) is 5.78 Å². The predicted molar refractivity (Wildman–Crippen MR) is 81.8 cm³/mol. The van der Waals surface area contributed by atoms with E-state index in [9.17, 15) is 10.1 Å². The van der Waals surface area contributed by atoms with Gasteiger partial charge in [-0.25, -0.2) is 0 Å². The van der Waals surface area contributed by atoms with Crippen molar-refractivity contribution in [1.29, 1.82) is 5.26 Å². The number of aromatic nitrogens is 1. The maximum absolute atomic E-state index is 12.4. The molecule has 2 aromatic rings. The smallest absolute Gasteiger partial charge is 0.196 e. The quantitative estimate of drug-likeness (QED) is 0.832. The molecular weight excluding hydrogens is 332 g/mol. The first kappa shape index (κ1) is 15.2. The molecule has 0 aliphatic rings. The largest absolute Gasteiger partial charge is 0.482 e. The van der Waals surface area contributed by atoms with Gasteiger partial charge in [0.15, 0.2) is 17.8 Å². The van der Waals surface area contributed by atoms with Gasteiger partial charge in [-0.3, -0.25) is 9.78 Å². The Labute approximate surface area is 131 Å². The number of nitrogens with zero attached hydrogens (tertiary/aromatic N) is 2. The fraction of sp³-hybridized carbons (Fsp3) is 0.188. The van der Waals surface area contributed by atoms with E-state index in [1.54, 1.807) is 37.4 Å². The molecule has 1 heterocycles. The van der Waals surface area contributed by atoms with Crippen LogP contribution in [0.15, 0.2) is 53.1 Å². The number of pyridine rings is 1. The number of hydrogen-bond acceptors (Lipinski definition) is 4. The first-order valence-electron chi connectivity index (χ1n) is 6.39. The van der Waals surface area contributed by atoms with Crippen LogP contribution in [0.5, 0.6) is 5.75 Å². The summed E-state index contributed by atoms with van der Waals surface area (Å²) >= 11 is 3.36. The van der Waals surface area contributed by atoms with Crippen molar-refractivity contribution in [2.75, 3.05) is 0 Å². The van der Waals surface area contributed by atoms with Crippen LogP contribution >= 0.6 is 15.9 Å². The lowest BCUT2D eigenvalue weighted by molar-refractivity contribution is -0.125. The van der Waals surface area contributed by atoms with Gasteiger partial charge in [0.05, 0.1) is 16.2 Å². The van der Waals surface area contributed by atoms with Crippen molar-refractivity contribution in [1.82, 2.24) is 4.98 Å². The molecule has 0 aliphatic carbocycles. The fourth-order valence-corrected chi connectivity index (χ4v) is 2.22. The summed E-state index contributed by atoms with van der Waals surface area (Å²) in [7, 11) is 0. The number of nitriles is 1. The Morgan fingerprint density at radius 1 is 1.29 bits per heavy atom. The molecule has 4 nitrogen and oxygen atoms in total. The standard InChI is InChI=1S/C16H13BrN2O2/c1-11(21-15-8-3-2-6-13(15)17)16(20)12(10-18)14-7-4-5-9-19-14/h2-9,11-12H,1H3/t11-,12+/m1/s1. The number of Topliss-reactive ketones (excluding diaryl/α,β-unsaturated/α-hetero) is 1. The van der Waals surface area contributed by atoms with Crippen LogP contribution in [0.4, 0.5) is 0 Å². The molecule has 0 N–H and O–H groups in total. The van der Waals surface area contributed by atoms with E-state index in [1.807, 2.05) is 24.3 Å². The average molecular weight is 345 g/mol. The third-order valence-corrected chi connectivity index (χ3v) is 3.59. The summed E-state index contributed by atoms with van der Waals surface area (Å²) in [4.78, 5) is 16.5. The number of para-hydroxylation sites is 1. The number of benzene rings is 1. The van der Waals surface area contributed by atoms with Gasteiger partial charge in [-0.05, 0) is 47.1 Å². The lowest BCUT2D eigenvalue weighted by Crippen LogP contribution is -2.29. The SMILES string of the molecule is C[C@@H](Oc1ccccc1Br)C(=O)[C@@H](C#N)c1ccccn1. The summed E-state index contributed by atoms with van der Waals surface area (Å²) in [6.07, 6.45) is 0.821. The molecule has 0 radical (unpaired) electrons. The maximum Gasteiger partial charge on any atom is 0.196 e. The van der Waals surface area contributed by atoms with Crippen LogP contribution in [0, 0.1) is 11.3 Å². The lowest BCUT2D eigenvalue weighted by atomic mass is 9.98. The Bertz CT molecular complexity index is 667. The molecule has 0 aliphatic heterocycles. The minimum absolute atomic E-state index is 0.313. The number of carbonyl (C=O) groups is 1. The number of hydrogen-bond donors (Lipinski definition) is 0. The van der Waals surface area contributed by atoms with Crippen LogP contribution in [-0.4, -0.2) is 16.9 Å². The molecule has 0 unspecified atom stereocenters. The number of halogens is 1. The van der Waals surface area contributed by atoms with E-state index in [0.717, 1.165) is 4.47 Å². The molecule has 2 rings (SSSR count). The van der Waals surface area contributed by atoms with E-state index in [1.165, 1.54) is 0 Å². The van der Waals surface area contributed by atoms with Crippen molar-refractivity contribution < 1.29 is 9.53 Å². The molecule has 2 atom stereocenters. The van der Waals surface area contributed by atoms with E-state index in [4.69, 9.17) is 4.74 Å². The van der Waals surface area contributed by atoms with Crippen LogP contribution < -0.4 is 4.74 Å². The average Bonchev–Trinajstić information content (AvgIpc) is 2.51. The van der Waals surface area contributed by atoms with Crippen molar-refractivity contribution in [2.24, 2.45) is 0 Å². The molecule has 0 bridgehead atoms. The highest BCUT2D eigenvalue weighted by Gasteiger charge is 2.28. The predicted octanol–water partition coefficient (Wildman–Crippen LogP) is 3.49. The topological polar surface area (TPSA) is 63.0 Å². The Kier molecular flexibility index (Phi) is 5.07. The molecular formula is C16H13BrN2O2. The minimum atomic E-state index is -0.927. The molecule has 106 valence electrons. The fourth-order valence-electron chi connectivity index (χ4n) is 1.85. The Morgan fingerprint density at radius 2 is 2.00 bits per heavy atom. The van der Waals surface area contributed by atoms with E-state index in [2.05, 4.69) is 20.9 Å². The summed E-state index contributed by atoms with van der Waals surface area (Å²) in [6.45, 7) is 1.63. The number of ketones is 1. The van der Waals surface area contributed by atoms with Gasteiger partial charge in [0.2, 0.25) is 0 Å². The summed E-state index contributed by atoms with van der Waals surface area (Å²) in [5.41, 5.74) is 0.438. The van der Waals surface area contributed by atoms with Crippen LogP contribution in [0.3, 0.4) is 0 Å². The van der Waals surface area contributed by atoms with Crippen molar-refractivity contribution in [3.8, 4) is 11.8 Å². The maximum atomic E-state index is 12.4. The van der Waals surface area contributed by atoms with Crippen molar-refractivity contribution in [2.45, 2.75) is 18.9 Å². The van der Waals surface area contributed by atoms with Crippen LogP contribution in [0.25, 0.3) is 0 Å². The molecule has 5 heteroatoms. The third kappa shape index (κ3) is 3.67. The van der Waals surface area contributed by atoms with Crippen LogP contribution in [0.2, 0.25) is 0 Å². The zero-order chi connectivity index (χ0) is 15.2. The van der Waals surface area contributed by atoms with E-state index >= 15 is 0 Å². The third-order valence-electron chi connectivity index (χ3n) is 2.94. The number of ether oxygens (including phenoxy) is 1. The number of carbonyl (C=O) groups excluding carboxylic acids is 1. The Hall–Kier alpha value is -2.19. The van der Waals surface area contributed by atoms with Gasteiger partial charge in [-0.2, -0.15) is 5.26 Å². The highest BCUT2D eigenvalue weighted by atomic mass is 79.9. The van der Waals surface area contributed by atoms with Gasteiger partial charge in [-0.15, -0.1) is 0 Å². The van der Waals surface area contributed by atoms with Gasteiger partial charge < -0.3 is 4.74 Å². The normalized spacial score (nSPS) is 13.0. The van der Waals surface area contributed by atoms with Gasteiger partial charge in [0.1, 0.15) is 5.75 Å². The molecule has 0 fully saturated rings. The summed E-state index contributed by atoms with van der Waals surface area (Å²) in [6, 6.07) is 14.4. The van der Waals surface area contributed by atoms with Crippen molar-refractivity contribution in [3.05, 3.63) is 58.8 Å². The second-order valence-corrected chi connectivity index (χ2v) is 5.26. The lowest BCUT2D eigenvalue weighted by Gasteiger charge is -2.17. The number of rotatable bonds is 5. The van der Waals surface area contributed by atoms with Crippen molar-refractivity contribution in [3.63, 3.8) is 0 Å². The van der Waals surface area contributed by atoms with Crippen LogP contribution in [0.1, 0.15) is 18.5 Å². The van der Waals surface area contributed by atoms with E-state index in [0.29, 0.717) is 11.4 Å². The summed E-state index contributed by atoms with van der Waals surface area (Å²) in [5.74, 6) is -0.674. The second-order valence-electron chi connectivity index (χ2n) is 4.41. The molecule has 0 saturated heterocycles. The molecule has 1 aromatic heterocycles. The molecule has 0 saturated carbocycles. The molecule has 0 amide bonds. The van der Waals surface area contributed by atoms with Crippen LogP contribution in [-0.2, 0) is 4.79 Å². The Morgan fingerprint density at radius 3 is 2.62 bits per heavy atom. The van der Waals surface area contributed by atoms with Gasteiger partial charge in [0.25, 0.3) is 0 Å². The zero-order valence-electron chi connectivity index (χ0n) is 11.4. The van der Waals surface area contributed by atoms with Gasteiger partial charge in [-0.1, -0.05) is 18.2 Å². The first-order valence-corrected chi connectivity index (χ1v) is 7.18. The monoisotopic (exact) mass is 344 g/mol. The summed E-state index contributed by atoms with van der Waals surface area (Å²) < 4.78 is 6.40. The highest BCUT2D eigenvalue weighted by Crippen LogP contribution is 2.26. The Balaban J connectivity index is 2.15. The highest BCUT2D eigenvalue weighted by molar-refractivity contribution is 9.10. The molecule has 0 spiro atoms. The summed E-state index contributed by atoms with van der Waals surface area (Å²) in [5, 5.41) is 9.24. The molecule has 1 aromatic carbocycles. The molecule has 21 heavy (non-hydrogen) atoms. The second kappa shape index (κ2) is 7.00. The van der Waals surface area contributed by atoms with Gasteiger partial charge >= 0.3 is 0 Å². The minimum Gasteiger partial charge on any atom is -0.482 e. The van der Waals surface area contributed by atoms with Crippen molar-refractivity contribution >= 4 is 21.7 Å². The first-order chi connectivity index (χ1) is 10.1. The zero-order valence-corrected chi connectivity index (χ0v) is 12.9. The van der Waals surface area contributed by atoms with Gasteiger partial charge in [0, 0.05) is 6.20 Å².